The molecule has 0 spiro atoms. The van der Waals surface area contributed by atoms with Crippen molar-refractivity contribution >= 4 is 27.8 Å². The second-order valence-electron chi connectivity index (χ2n) is 4.24. The first-order valence-electron chi connectivity index (χ1n) is 5.90. The highest BCUT2D eigenvalue weighted by Gasteiger charge is 2.24. The summed E-state index contributed by atoms with van der Waals surface area (Å²) in [5, 5.41) is 4.24. The lowest BCUT2D eigenvalue weighted by Gasteiger charge is -2.02. The first-order chi connectivity index (χ1) is 9.45. The van der Waals surface area contributed by atoms with E-state index >= 15 is 0 Å². The van der Waals surface area contributed by atoms with Crippen molar-refractivity contribution in [3.05, 3.63) is 40.0 Å². The van der Waals surface area contributed by atoms with Gasteiger partial charge < -0.3 is 4.74 Å². The SMILES string of the molecule is COC(=O)c1c(-c2cccc(Br)c2)nn(C(C)=O)c1C. The number of nitrogens with zero attached hydrogens (tertiary/aromatic N) is 2. The number of carbonyl (C=O) groups excluding carboxylic acids is 2. The third-order valence-corrected chi connectivity index (χ3v) is 3.40. The van der Waals surface area contributed by atoms with Crippen molar-refractivity contribution in [3.8, 4) is 11.3 Å². The molecule has 20 heavy (non-hydrogen) atoms. The van der Waals surface area contributed by atoms with Gasteiger partial charge in [-0.25, -0.2) is 9.48 Å². The first kappa shape index (κ1) is 14.5. The summed E-state index contributed by atoms with van der Waals surface area (Å²) in [6.45, 7) is 3.06. The average molecular weight is 337 g/mol. The van der Waals surface area contributed by atoms with Crippen molar-refractivity contribution in [3.63, 3.8) is 0 Å². The molecule has 0 bridgehead atoms. The number of benzene rings is 1. The van der Waals surface area contributed by atoms with E-state index in [0.29, 0.717) is 17.0 Å². The van der Waals surface area contributed by atoms with Gasteiger partial charge in [-0.3, -0.25) is 4.79 Å². The maximum atomic E-state index is 12.0. The van der Waals surface area contributed by atoms with Crippen LogP contribution in [0.4, 0.5) is 0 Å². The van der Waals surface area contributed by atoms with E-state index in [1.807, 2.05) is 24.3 Å². The number of hydrogen-bond acceptors (Lipinski definition) is 4. The lowest BCUT2D eigenvalue weighted by molar-refractivity contribution is 0.0601. The summed E-state index contributed by atoms with van der Waals surface area (Å²) in [6.07, 6.45) is 0. The summed E-state index contributed by atoms with van der Waals surface area (Å²) in [4.78, 5) is 23.5. The van der Waals surface area contributed by atoms with Gasteiger partial charge in [0.1, 0.15) is 11.3 Å². The van der Waals surface area contributed by atoms with E-state index < -0.39 is 5.97 Å². The van der Waals surface area contributed by atoms with E-state index in [2.05, 4.69) is 21.0 Å². The lowest BCUT2D eigenvalue weighted by Crippen LogP contribution is -2.11. The third-order valence-electron chi connectivity index (χ3n) is 2.90. The number of esters is 1. The van der Waals surface area contributed by atoms with E-state index in [1.165, 1.54) is 18.7 Å². The molecule has 5 nitrogen and oxygen atoms in total. The Bertz CT molecular complexity index is 692. The molecule has 0 aliphatic rings. The molecule has 104 valence electrons. The molecule has 0 amide bonds. The summed E-state index contributed by atoms with van der Waals surface area (Å²) in [5.74, 6) is -0.765. The molecule has 0 saturated carbocycles. The summed E-state index contributed by atoms with van der Waals surface area (Å²) >= 11 is 3.37. The number of carbonyl (C=O) groups is 2. The fraction of sp³-hybridized carbons (Fsp3) is 0.214. The van der Waals surface area contributed by atoms with Crippen LogP contribution in [0.1, 0.15) is 27.8 Å². The Hall–Kier alpha value is -1.95. The minimum atomic E-state index is -0.509. The van der Waals surface area contributed by atoms with Gasteiger partial charge in [0, 0.05) is 17.0 Å². The fourth-order valence-electron chi connectivity index (χ4n) is 1.99. The molecule has 0 unspecified atom stereocenters. The minimum absolute atomic E-state index is 0.256. The average Bonchev–Trinajstić information content (AvgIpc) is 2.75. The van der Waals surface area contributed by atoms with E-state index in [0.717, 1.165) is 10.0 Å². The van der Waals surface area contributed by atoms with E-state index in [9.17, 15) is 9.59 Å². The molecule has 2 rings (SSSR count). The van der Waals surface area contributed by atoms with Gasteiger partial charge >= 0.3 is 5.97 Å². The van der Waals surface area contributed by atoms with Gasteiger partial charge in [0.25, 0.3) is 0 Å². The highest BCUT2D eigenvalue weighted by Crippen LogP contribution is 2.28. The maximum absolute atomic E-state index is 12.0. The number of methoxy groups -OCH3 is 1. The van der Waals surface area contributed by atoms with Gasteiger partial charge in [0.05, 0.1) is 12.8 Å². The Kier molecular flexibility index (Phi) is 4.04. The summed E-state index contributed by atoms with van der Waals surface area (Å²) in [5.41, 5.74) is 1.95. The number of rotatable bonds is 2. The van der Waals surface area contributed by atoms with Crippen LogP contribution in [0.15, 0.2) is 28.7 Å². The van der Waals surface area contributed by atoms with Crippen LogP contribution in [0.5, 0.6) is 0 Å². The minimum Gasteiger partial charge on any atom is -0.465 e. The van der Waals surface area contributed by atoms with E-state index in [1.54, 1.807) is 6.92 Å². The van der Waals surface area contributed by atoms with Crippen molar-refractivity contribution < 1.29 is 14.3 Å². The Morgan fingerprint density at radius 1 is 1.35 bits per heavy atom. The zero-order chi connectivity index (χ0) is 14.9. The number of ether oxygens (including phenoxy) is 1. The van der Waals surface area contributed by atoms with Crippen LogP contribution >= 0.6 is 15.9 Å². The van der Waals surface area contributed by atoms with Crippen LogP contribution in [0.25, 0.3) is 11.3 Å². The topological polar surface area (TPSA) is 61.2 Å². The molecule has 0 saturated heterocycles. The van der Waals surface area contributed by atoms with Gasteiger partial charge in [0.2, 0.25) is 5.91 Å². The molecular weight excluding hydrogens is 324 g/mol. The molecule has 0 N–H and O–H groups in total. The monoisotopic (exact) mass is 336 g/mol. The van der Waals surface area contributed by atoms with Gasteiger partial charge in [0.15, 0.2) is 0 Å². The summed E-state index contributed by atoms with van der Waals surface area (Å²) in [6, 6.07) is 7.36. The second-order valence-corrected chi connectivity index (χ2v) is 5.16. The van der Waals surface area contributed by atoms with E-state index in [4.69, 9.17) is 4.74 Å². The molecule has 1 aromatic heterocycles. The highest BCUT2D eigenvalue weighted by atomic mass is 79.9. The highest BCUT2D eigenvalue weighted by molar-refractivity contribution is 9.10. The summed E-state index contributed by atoms with van der Waals surface area (Å²) < 4.78 is 6.86. The quantitative estimate of drug-likeness (QED) is 0.790. The maximum Gasteiger partial charge on any atom is 0.342 e. The Balaban J connectivity index is 2.71. The van der Waals surface area contributed by atoms with Crippen LogP contribution in [-0.4, -0.2) is 28.8 Å². The molecule has 0 fully saturated rings. The predicted octanol–water partition coefficient (Wildman–Crippen LogP) is 3.07. The first-order valence-corrected chi connectivity index (χ1v) is 6.69. The number of halogens is 1. The normalized spacial score (nSPS) is 10.4. The Labute approximate surface area is 124 Å². The zero-order valence-electron chi connectivity index (χ0n) is 11.3. The molecule has 0 radical (unpaired) electrons. The molecule has 6 heteroatoms. The van der Waals surface area contributed by atoms with Crippen molar-refractivity contribution in [2.75, 3.05) is 7.11 Å². The van der Waals surface area contributed by atoms with Crippen LogP contribution in [0, 0.1) is 6.92 Å². The standard InChI is InChI=1S/C14H13BrN2O3/c1-8-12(14(19)20-3)13(16-17(8)9(2)18)10-5-4-6-11(15)7-10/h4-7H,1-3H3. The van der Waals surface area contributed by atoms with Crippen molar-refractivity contribution in [1.29, 1.82) is 0 Å². The number of aromatic nitrogens is 2. The third kappa shape index (κ3) is 2.51. The molecule has 0 atom stereocenters. The van der Waals surface area contributed by atoms with E-state index in [-0.39, 0.29) is 5.91 Å². The largest absolute Gasteiger partial charge is 0.465 e. The van der Waals surface area contributed by atoms with Crippen LogP contribution in [-0.2, 0) is 4.74 Å². The van der Waals surface area contributed by atoms with Gasteiger partial charge in [-0.1, -0.05) is 28.1 Å². The van der Waals surface area contributed by atoms with Gasteiger partial charge in [-0.2, -0.15) is 5.10 Å². The fourth-order valence-corrected chi connectivity index (χ4v) is 2.39. The molecule has 1 aromatic carbocycles. The van der Waals surface area contributed by atoms with Crippen molar-refractivity contribution in [2.24, 2.45) is 0 Å². The predicted molar refractivity (Wildman–Crippen MR) is 77.7 cm³/mol. The molecule has 0 aliphatic heterocycles. The van der Waals surface area contributed by atoms with Crippen molar-refractivity contribution in [1.82, 2.24) is 9.78 Å². The Morgan fingerprint density at radius 2 is 2.05 bits per heavy atom. The zero-order valence-corrected chi connectivity index (χ0v) is 12.9. The molecular formula is C14H13BrN2O3. The smallest absolute Gasteiger partial charge is 0.342 e. The van der Waals surface area contributed by atoms with Gasteiger partial charge in [-0.05, 0) is 19.1 Å². The second kappa shape index (κ2) is 5.58. The van der Waals surface area contributed by atoms with Crippen LogP contribution in [0.2, 0.25) is 0 Å². The Morgan fingerprint density at radius 3 is 2.60 bits per heavy atom. The van der Waals surface area contributed by atoms with Crippen LogP contribution in [0.3, 0.4) is 0 Å². The van der Waals surface area contributed by atoms with Gasteiger partial charge in [-0.15, -0.1) is 0 Å². The number of hydrogen-bond donors (Lipinski definition) is 0. The summed E-state index contributed by atoms with van der Waals surface area (Å²) in [7, 11) is 1.30. The van der Waals surface area contributed by atoms with Crippen LogP contribution < -0.4 is 0 Å². The lowest BCUT2D eigenvalue weighted by atomic mass is 10.1. The molecule has 2 aromatic rings. The van der Waals surface area contributed by atoms with Crippen molar-refractivity contribution in [2.45, 2.75) is 13.8 Å². The molecule has 1 heterocycles. The molecule has 0 aliphatic carbocycles.